The molecule has 2 N–H and O–H groups in total. The predicted octanol–water partition coefficient (Wildman–Crippen LogP) is 7.61. The highest BCUT2D eigenvalue weighted by atomic mass is 16.4. The van der Waals surface area contributed by atoms with Gasteiger partial charge in [0, 0.05) is 6.04 Å². The summed E-state index contributed by atoms with van der Waals surface area (Å²) in [4.78, 5) is 0. The Labute approximate surface area is 169 Å². The van der Waals surface area contributed by atoms with Crippen molar-refractivity contribution in [2.75, 3.05) is 6.54 Å². The average Bonchev–Trinajstić information content (AvgIpc) is 2.67. The summed E-state index contributed by atoms with van der Waals surface area (Å²) >= 11 is 0. The third-order valence-electron chi connectivity index (χ3n) is 6.13. The molecule has 160 valence electrons. The van der Waals surface area contributed by atoms with E-state index in [0.717, 1.165) is 25.1 Å². The van der Waals surface area contributed by atoms with Crippen molar-refractivity contribution in [2.45, 2.75) is 141 Å². The van der Waals surface area contributed by atoms with Crippen molar-refractivity contribution in [3.05, 3.63) is 0 Å². The Bertz CT molecular complexity index is 343. The van der Waals surface area contributed by atoms with Gasteiger partial charge in [0.05, 0.1) is 5.71 Å². The second-order valence-corrected chi connectivity index (χ2v) is 8.65. The molecule has 1 unspecified atom stereocenters. The first-order chi connectivity index (χ1) is 13.4. The molecule has 1 fully saturated rings. The minimum Gasteiger partial charge on any atom is -0.411 e. The van der Waals surface area contributed by atoms with Crippen LogP contribution in [0.15, 0.2) is 5.16 Å². The van der Waals surface area contributed by atoms with Crippen LogP contribution in [0.1, 0.15) is 135 Å². The summed E-state index contributed by atoms with van der Waals surface area (Å²) in [7, 11) is 0. The maximum Gasteiger partial charge on any atom is 0.0739 e. The predicted molar refractivity (Wildman–Crippen MR) is 119 cm³/mol. The molecule has 1 aliphatic carbocycles. The van der Waals surface area contributed by atoms with Crippen molar-refractivity contribution in [3.63, 3.8) is 0 Å². The lowest BCUT2D eigenvalue weighted by atomic mass is 9.96. The number of rotatable bonds is 12. The summed E-state index contributed by atoms with van der Waals surface area (Å²) in [6.07, 6.45) is 26.5. The summed E-state index contributed by atoms with van der Waals surface area (Å²) in [6, 6.07) is 0.299. The summed E-state index contributed by atoms with van der Waals surface area (Å²) < 4.78 is 0. The zero-order chi connectivity index (χ0) is 19.4. The molecule has 3 heteroatoms. The molecule has 0 heterocycles. The lowest BCUT2D eigenvalue weighted by Gasteiger charge is -2.21. The number of hydrogen-bond donors (Lipinski definition) is 2. The Morgan fingerprint density at radius 2 is 1.26 bits per heavy atom. The molecule has 0 aliphatic heterocycles. The molecular formula is C24H48N2O. The number of hydrogen-bond acceptors (Lipinski definition) is 3. The van der Waals surface area contributed by atoms with E-state index in [1.807, 2.05) is 0 Å². The molecule has 0 amide bonds. The average molecular weight is 381 g/mol. The van der Waals surface area contributed by atoms with Crippen LogP contribution in [-0.2, 0) is 0 Å². The fraction of sp³-hybridized carbons (Fsp3) is 0.958. The zero-order valence-electron chi connectivity index (χ0n) is 18.3. The van der Waals surface area contributed by atoms with E-state index in [2.05, 4.69) is 17.4 Å². The molecule has 0 saturated heterocycles. The fourth-order valence-electron chi connectivity index (χ4n) is 4.28. The van der Waals surface area contributed by atoms with Gasteiger partial charge in [-0.05, 0) is 32.2 Å². The van der Waals surface area contributed by atoms with Crippen LogP contribution in [0.5, 0.6) is 0 Å². The molecule has 1 saturated carbocycles. The molecule has 3 nitrogen and oxygen atoms in total. The Kier molecular flexibility index (Phi) is 17.0. The first-order valence-electron chi connectivity index (χ1n) is 12.3. The molecule has 27 heavy (non-hydrogen) atoms. The van der Waals surface area contributed by atoms with Gasteiger partial charge >= 0.3 is 0 Å². The Balaban J connectivity index is 2.13. The minimum absolute atomic E-state index is 0.299. The van der Waals surface area contributed by atoms with Crippen LogP contribution >= 0.6 is 0 Å². The fourth-order valence-corrected chi connectivity index (χ4v) is 4.28. The topological polar surface area (TPSA) is 44.6 Å². The van der Waals surface area contributed by atoms with Crippen molar-refractivity contribution in [1.29, 1.82) is 0 Å². The summed E-state index contributed by atoms with van der Waals surface area (Å²) in [5, 5.41) is 16.9. The van der Waals surface area contributed by atoms with Crippen molar-refractivity contribution in [1.82, 2.24) is 5.32 Å². The summed E-state index contributed by atoms with van der Waals surface area (Å²) in [5.41, 5.74) is 1.00. The molecular weight excluding hydrogens is 332 g/mol. The van der Waals surface area contributed by atoms with E-state index in [4.69, 9.17) is 0 Å². The molecule has 0 spiro atoms. The Morgan fingerprint density at radius 3 is 1.85 bits per heavy atom. The standard InChI is InChI=1S/C24H48N2O/c1-2-3-4-5-6-7-10-13-16-19-22-25-23-20-17-14-11-8-9-12-15-18-21-24(23)26-27/h23,25,27H,2-22H2,1H3/b26-24+. The number of unbranched alkanes of at least 4 members (excludes halogenated alkanes) is 9. The van der Waals surface area contributed by atoms with E-state index in [1.54, 1.807) is 0 Å². The van der Waals surface area contributed by atoms with E-state index >= 15 is 0 Å². The van der Waals surface area contributed by atoms with Gasteiger partial charge in [-0.2, -0.15) is 0 Å². The lowest BCUT2D eigenvalue weighted by molar-refractivity contribution is 0.312. The van der Waals surface area contributed by atoms with Gasteiger partial charge in [-0.1, -0.05) is 115 Å². The van der Waals surface area contributed by atoms with E-state index in [0.29, 0.717) is 6.04 Å². The zero-order valence-corrected chi connectivity index (χ0v) is 18.3. The van der Waals surface area contributed by atoms with Gasteiger partial charge in [-0.15, -0.1) is 0 Å². The van der Waals surface area contributed by atoms with E-state index < -0.39 is 0 Å². The van der Waals surface area contributed by atoms with Crippen molar-refractivity contribution in [3.8, 4) is 0 Å². The Morgan fingerprint density at radius 1 is 0.741 bits per heavy atom. The van der Waals surface area contributed by atoms with Gasteiger partial charge < -0.3 is 10.5 Å². The number of oxime groups is 1. The monoisotopic (exact) mass is 380 g/mol. The second kappa shape index (κ2) is 18.8. The van der Waals surface area contributed by atoms with E-state index in [1.165, 1.54) is 116 Å². The number of nitrogens with zero attached hydrogens (tertiary/aromatic N) is 1. The number of nitrogens with one attached hydrogen (secondary N) is 1. The van der Waals surface area contributed by atoms with Crippen LogP contribution in [-0.4, -0.2) is 23.5 Å². The molecule has 1 rings (SSSR count). The normalized spacial score (nSPS) is 21.7. The molecule has 1 aliphatic rings. The lowest BCUT2D eigenvalue weighted by Crippen LogP contribution is -2.37. The van der Waals surface area contributed by atoms with Crippen LogP contribution in [0.3, 0.4) is 0 Å². The van der Waals surface area contributed by atoms with Gasteiger partial charge in [-0.25, -0.2) is 0 Å². The quantitative estimate of drug-likeness (QED) is 0.208. The van der Waals surface area contributed by atoms with Crippen molar-refractivity contribution < 1.29 is 5.21 Å². The summed E-state index contributed by atoms with van der Waals surface area (Å²) in [6.45, 7) is 3.35. The first-order valence-corrected chi connectivity index (χ1v) is 12.3. The van der Waals surface area contributed by atoms with E-state index in [9.17, 15) is 5.21 Å². The van der Waals surface area contributed by atoms with Crippen LogP contribution in [0.25, 0.3) is 0 Å². The van der Waals surface area contributed by atoms with Gasteiger partial charge in [0.25, 0.3) is 0 Å². The third kappa shape index (κ3) is 14.1. The molecule has 0 aromatic carbocycles. The minimum atomic E-state index is 0.299. The van der Waals surface area contributed by atoms with Crippen LogP contribution in [0, 0.1) is 0 Å². The maximum atomic E-state index is 9.49. The third-order valence-corrected chi connectivity index (χ3v) is 6.13. The van der Waals surface area contributed by atoms with Crippen molar-refractivity contribution >= 4 is 5.71 Å². The van der Waals surface area contributed by atoms with Gasteiger partial charge in [0.15, 0.2) is 0 Å². The molecule has 0 aromatic heterocycles. The van der Waals surface area contributed by atoms with Crippen LogP contribution in [0.2, 0.25) is 0 Å². The van der Waals surface area contributed by atoms with Crippen LogP contribution in [0.4, 0.5) is 0 Å². The second-order valence-electron chi connectivity index (χ2n) is 8.65. The van der Waals surface area contributed by atoms with Gasteiger partial charge in [0.1, 0.15) is 0 Å². The highest BCUT2D eigenvalue weighted by Crippen LogP contribution is 2.16. The largest absolute Gasteiger partial charge is 0.411 e. The molecule has 1 atom stereocenters. The molecule has 0 aromatic rings. The van der Waals surface area contributed by atoms with Gasteiger partial charge in [-0.3, -0.25) is 0 Å². The smallest absolute Gasteiger partial charge is 0.0739 e. The van der Waals surface area contributed by atoms with Gasteiger partial charge in [0.2, 0.25) is 0 Å². The first kappa shape index (κ1) is 24.5. The van der Waals surface area contributed by atoms with E-state index in [-0.39, 0.29) is 0 Å². The maximum absolute atomic E-state index is 9.49. The highest BCUT2D eigenvalue weighted by molar-refractivity contribution is 5.89. The molecule has 0 radical (unpaired) electrons. The van der Waals surface area contributed by atoms with Crippen LogP contribution < -0.4 is 5.32 Å². The highest BCUT2D eigenvalue weighted by Gasteiger charge is 2.16. The summed E-state index contributed by atoms with van der Waals surface area (Å²) in [5.74, 6) is 0. The molecule has 0 bridgehead atoms. The van der Waals surface area contributed by atoms with Crippen molar-refractivity contribution in [2.24, 2.45) is 5.16 Å². The SMILES string of the molecule is CCCCCCCCCCCCNC1CCCCCCCCCC/C1=N\O. The Hall–Kier alpha value is -0.570.